The minimum absolute atomic E-state index is 0.261. The zero-order chi connectivity index (χ0) is 21.6. The largest absolute Gasteiger partial charge is 0.497 e. The molecule has 0 bridgehead atoms. The minimum Gasteiger partial charge on any atom is -0.497 e. The van der Waals surface area contributed by atoms with Gasteiger partial charge >= 0.3 is 0 Å². The van der Waals surface area contributed by atoms with Gasteiger partial charge in [-0.3, -0.25) is 9.10 Å². The van der Waals surface area contributed by atoms with E-state index in [4.69, 9.17) is 9.47 Å². The van der Waals surface area contributed by atoms with Crippen molar-refractivity contribution in [1.82, 2.24) is 5.32 Å². The van der Waals surface area contributed by atoms with Crippen LogP contribution < -0.4 is 19.1 Å². The Kier molecular flexibility index (Phi) is 7.50. The molecule has 0 aliphatic heterocycles. The number of benzene rings is 2. The van der Waals surface area contributed by atoms with Gasteiger partial charge in [0.05, 0.1) is 25.6 Å². The highest BCUT2D eigenvalue weighted by Gasteiger charge is 2.28. The zero-order valence-electron chi connectivity index (χ0n) is 17.4. The van der Waals surface area contributed by atoms with E-state index in [2.05, 4.69) is 5.32 Å². The number of hydrogen-bond donors (Lipinski definition) is 1. The van der Waals surface area contributed by atoms with Crippen LogP contribution in [0.25, 0.3) is 0 Å². The molecule has 0 saturated carbocycles. The Morgan fingerprint density at radius 1 is 1.14 bits per heavy atom. The molecule has 0 aliphatic rings. The van der Waals surface area contributed by atoms with Gasteiger partial charge in [-0.2, -0.15) is 0 Å². The van der Waals surface area contributed by atoms with Crippen molar-refractivity contribution in [3.8, 4) is 11.5 Å². The van der Waals surface area contributed by atoms with Crippen LogP contribution in [0.15, 0.2) is 42.5 Å². The fraction of sp³-hybridized carbons (Fsp3) is 0.381. The maximum absolute atomic E-state index is 12.6. The molecule has 2 rings (SSSR count). The van der Waals surface area contributed by atoms with Crippen molar-refractivity contribution in [3.05, 3.63) is 53.6 Å². The van der Waals surface area contributed by atoms with Crippen LogP contribution in [0.1, 0.15) is 18.1 Å². The molecule has 8 heteroatoms. The summed E-state index contributed by atoms with van der Waals surface area (Å²) in [6.45, 7) is 6.02. The second kappa shape index (κ2) is 9.65. The van der Waals surface area contributed by atoms with Crippen molar-refractivity contribution in [2.24, 2.45) is 0 Å². The molecular weight excluding hydrogens is 392 g/mol. The molecule has 158 valence electrons. The van der Waals surface area contributed by atoms with E-state index < -0.39 is 22.0 Å². The lowest BCUT2D eigenvalue weighted by Gasteiger charge is -2.28. The lowest BCUT2D eigenvalue weighted by molar-refractivity contribution is -0.121. The Morgan fingerprint density at radius 2 is 1.79 bits per heavy atom. The first-order valence-corrected chi connectivity index (χ1v) is 11.1. The first-order valence-electron chi connectivity index (χ1n) is 9.24. The number of hydrogen-bond acceptors (Lipinski definition) is 5. The van der Waals surface area contributed by atoms with Gasteiger partial charge in [-0.25, -0.2) is 8.42 Å². The highest BCUT2D eigenvalue weighted by atomic mass is 32.2. The number of methoxy groups -OCH3 is 1. The van der Waals surface area contributed by atoms with Crippen LogP contribution in [0.2, 0.25) is 0 Å². The van der Waals surface area contributed by atoms with Crippen LogP contribution in [0.3, 0.4) is 0 Å². The molecule has 0 spiro atoms. The number of nitrogens with one attached hydrogen (secondary N) is 1. The number of rotatable bonds is 9. The lowest BCUT2D eigenvalue weighted by atomic mass is 10.1. The average molecular weight is 421 g/mol. The monoisotopic (exact) mass is 420 g/mol. The van der Waals surface area contributed by atoms with Crippen LogP contribution in [0.4, 0.5) is 5.69 Å². The summed E-state index contributed by atoms with van der Waals surface area (Å²) >= 11 is 0. The fourth-order valence-electron chi connectivity index (χ4n) is 2.88. The molecule has 1 amide bonds. The summed E-state index contributed by atoms with van der Waals surface area (Å²) in [5, 5.41) is 2.74. The highest BCUT2D eigenvalue weighted by molar-refractivity contribution is 7.92. The van der Waals surface area contributed by atoms with Gasteiger partial charge in [-0.15, -0.1) is 0 Å². The van der Waals surface area contributed by atoms with Crippen LogP contribution in [0, 0.1) is 13.8 Å². The Hall–Kier alpha value is -2.74. The summed E-state index contributed by atoms with van der Waals surface area (Å²) in [7, 11) is -2.14. The number of amides is 1. The number of carbonyl (C=O) groups is 1. The molecule has 0 aromatic heterocycles. The Balaban J connectivity index is 2.00. The van der Waals surface area contributed by atoms with E-state index >= 15 is 0 Å². The summed E-state index contributed by atoms with van der Waals surface area (Å²) in [5.41, 5.74) is 2.49. The lowest BCUT2D eigenvalue weighted by Crippen LogP contribution is -2.48. The number of ether oxygens (including phenoxy) is 2. The standard InChI is InChI=1S/C21H28N2O5S/c1-15-6-7-16(2)20(14-15)28-13-12-22-21(24)17(3)23(29(5,25)26)18-8-10-19(27-4)11-9-18/h6-11,14,17H,12-13H2,1-5H3,(H,22,24). The number of carbonyl (C=O) groups excluding carboxylic acids is 1. The topological polar surface area (TPSA) is 84.9 Å². The third-order valence-electron chi connectivity index (χ3n) is 4.42. The smallest absolute Gasteiger partial charge is 0.243 e. The molecule has 1 unspecified atom stereocenters. The molecule has 0 aliphatic carbocycles. The van der Waals surface area contributed by atoms with E-state index in [0.29, 0.717) is 11.4 Å². The van der Waals surface area contributed by atoms with Gasteiger partial charge in [0.15, 0.2) is 0 Å². The summed E-state index contributed by atoms with van der Waals surface area (Å²) in [6.07, 6.45) is 1.07. The van der Waals surface area contributed by atoms with E-state index in [1.165, 1.54) is 7.11 Å². The van der Waals surface area contributed by atoms with Crippen molar-refractivity contribution in [2.45, 2.75) is 26.8 Å². The van der Waals surface area contributed by atoms with Gasteiger partial charge in [0.25, 0.3) is 0 Å². The van der Waals surface area contributed by atoms with Gasteiger partial charge in [0.2, 0.25) is 15.9 Å². The van der Waals surface area contributed by atoms with E-state index in [1.807, 2.05) is 32.0 Å². The molecule has 29 heavy (non-hydrogen) atoms. The predicted octanol–water partition coefficient (Wildman–Crippen LogP) is 2.66. The minimum atomic E-state index is -3.67. The van der Waals surface area contributed by atoms with Crippen molar-refractivity contribution >= 4 is 21.6 Å². The van der Waals surface area contributed by atoms with Crippen LogP contribution in [-0.4, -0.2) is 46.9 Å². The number of anilines is 1. The van der Waals surface area contributed by atoms with Gasteiger partial charge in [0.1, 0.15) is 24.1 Å². The van der Waals surface area contributed by atoms with Gasteiger partial charge < -0.3 is 14.8 Å². The van der Waals surface area contributed by atoms with Gasteiger partial charge in [-0.1, -0.05) is 12.1 Å². The van der Waals surface area contributed by atoms with Crippen molar-refractivity contribution in [1.29, 1.82) is 0 Å². The summed E-state index contributed by atoms with van der Waals surface area (Å²) in [5.74, 6) is 0.960. The van der Waals surface area contributed by atoms with Crippen LogP contribution >= 0.6 is 0 Å². The summed E-state index contributed by atoms with van der Waals surface area (Å²) in [6, 6.07) is 11.5. The maximum atomic E-state index is 12.6. The van der Waals surface area contributed by atoms with Gasteiger partial charge in [0, 0.05) is 0 Å². The third-order valence-corrected chi connectivity index (χ3v) is 5.66. The summed E-state index contributed by atoms with van der Waals surface area (Å²) in [4.78, 5) is 12.6. The zero-order valence-corrected chi connectivity index (χ0v) is 18.2. The first-order chi connectivity index (χ1) is 13.6. The molecule has 0 saturated heterocycles. The molecule has 7 nitrogen and oxygen atoms in total. The Morgan fingerprint density at radius 3 is 2.38 bits per heavy atom. The van der Waals surface area contributed by atoms with E-state index in [-0.39, 0.29) is 13.2 Å². The molecule has 0 radical (unpaired) electrons. The van der Waals surface area contributed by atoms with Crippen LogP contribution in [0.5, 0.6) is 11.5 Å². The molecule has 0 fully saturated rings. The molecule has 2 aromatic carbocycles. The van der Waals surface area contributed by atoms with E-state index in [1.54, 1.807) is 31.2 Å². The van der Waals surface area contributed by atoms with Crippen molar-refractivity contribution < 1.29 is 22.7 Å². The normalized spacial score (nSPS) is 12.2. The van der Waals surface area contributed by atoms with Crippen molar-refractivity contribution in [2.75, 3.05) is 30.8 Å². The maximum Gasteiger partial charge on any atom is 0.243 e. The number of nitrogens with zero attached hydrogens (tertiary/aromatic N) is 1. The Labute approximate surface area is 172 Å². The SMILES string of the molecule is COc1ccc(N(C(C)C(=O)NCCOc2cc(C)ccc2C)S(C)(=O)=O)cc1. The number of aryl methyl sites for hydroxylation is 2. The van der Waals surface area contributed by atoms with Gasteiger partial charge in [-0.05, 0) is 62.2 Å². The van der Waals surface area contributed by atoms with Crippen molar-refractivity contribution in [3.63, 3.8) is 0 Å². The van der Waals surface area contributed by atoms with Crippen LogP contribution in [-0.2, 0) is 14.8 Å². The molecule has 2 aromatic rings. The first kappa shape index (κ1) is 22.5. The Bertz CT molecular complexity index is 942. The fourth-order valence-corrected chi connectivity index (χ4v) is 4.06. The van der Waals surface area contributed by atoms with E-state index in [9.17, 15) is 13.2 Å². The highest BCUT2D eigenvalue weighted by Crippen LogP contribution is 2.24. The average Bonchev–Trinajstić information content (AvgIpc) is 2.67. The molecular formula is C21H28N2O5S. The third kappa shape index (κ3) is 6.12. The van der Waals surface area contributed by atoms with E-state index in [0.717, 1.165) is 27.4 Å². The number of sulfonamides is 1. The molecule has 0 heterocycles. The quantitative estimate of drug-likeness (QED) is 0.631. The predicted molar refractivity (Wildman–Crippen MR) is 114 cm³/mol. The molecule has 1 N–H and O–H groups in total. The molecule has 1 atom stereocenters. The summed E-state index contributed by atoms with van der Waals surface area (Å²) < 4.78 is 36.5. The second-order valence-electron chi connectivity index (χ2n) is 6.84. The second-order valence-corrected chi connectivity index (χ2v) is 8.70.